The fraction of sp³-hybridized carbons (Fsp3) is 0.125. The van der Waals surface area contributed by atoms with Crippen molar-refractivity contribution >= 4 is 28.5 Å². The fourth-order valence-electron chi connectivity index (χ4n) is 2.48. The van der Waals surface area contributed by atoms with Gasteiger partial charge in [-0.3, -0.25) is 9.78 Å². The Labute approximate surface area is 125 Å². The second-order valence-electron chi connectivity index (χ2n) is 4.71. The normalized spacial score (nSPS) is 13.3. The van der Waals surface area contributed by atoms with Crippen molar-refractivity contribution in [3.8, 4) is 21.9 Å². The van der Waals surface area contributed by atoms with Crippen molar-refractivity contribution in [1.29, 1.82) is 0 Å². The molecule has 1 aromatic carbocycles. The number of nitrogens with zero attached hydrogens (tertiary/aromatic N) is 1. The van der Waals surface area contributed by atoms with Gasteiger partial charge in [-0.05, 0) is 24.3 Å². The lowest BCUT2D eigenvalue weighted by molar-refractivity contribution is 0.112. The van der Waals surface area contributed by atoms with Gasteiger partial charge in [-0.1, -0.05) is 0 Å². The third-order valence-corrected chi connectivity index (χ3v) is 4.42. The van der Waals surface area contributed by atoms with Crippen LogP contribution in [-0.4, -0.2) is 24.5 Å². The van der Waals surface area contributed by atoms with E-state index in [1.807, 2.05) is 23.6 Å². The second kappa shape index (κ2) is 4.86. The van der Waals surface area contributed by atoms with E-state index in [0.29, 0.717) is 18.8 Å². The van der Waals surface area contributed by atoms with Crippen LogP contribution < -0.4 is 9.47 Å². The summed E-state index contributed by atoms with van der Waals surface area (Å²) < 4.78 is 11.3. The van der Waals surface area contributed by atoms with E-state index >= 15 is 0 Å². The predicted octanol–water partition coefficient (Wildman–Crippen LogP) is 3.55. The molecule has 0 atom stereocenters. The molecule has 0 unspecified atom stereocenters. The Bertz CT molecular complexity index is 841. The van der Waals surface area contributed by atoms with E-state index in [1.165, 1.54) is 0 Å². The van der Waals surface area contributed by atoms with Gasteiger partial charge in [0.15, 0.2) is 11.5 Å². The van der Waals surface area contributed by atoms with E-state index in [-0.39, 0.29) is 0 Å². The first-order valence-electron chi connectivity index (χ1n) is 6.58. The van der Waals surface area contributed by atoms with Crippen LogP contribution in [0.1, 0.15) is 10.4 Å². The number of hydrogen-bond donors (Lipinski definition) is 0. The highest BCUT2D eigenvalue weighted by molar-refractivity contribution is 7.14. The molecule has 4 rings (SSSR count). The van der Waals surface area contributed by atoms with Crippen molar-refractivity contribution in [3.63, 3.8) is 0 Å². The van der Waals surface area contributed by atoms with E-state index in [0.717, 1.165) is 39.1 Å². The Balaban J connectivity index is 1.97. The van der Waals surface area contributed by atoms with E-state index < -0.39 is 0 Å². The minimum absolute atomic E-state index is 0.555. The minimum atomic E-state index is 0.555. The minimum Gasteiger partial charge on any atom is -0.485 e. The van der Waals surface area contributed by atoms with Gasteiger partial charge < -0.3 is 9.47 Å². The molecule has 0 spiro atoms. The molecular formula is C16H11NO3S. The third kappa shape index (κ3) is 1.97. The van der Waals surface area contributed by atoms with Crippen LogP contribution in [0.3, 0.4) is 0 Å². The maximum atomic E-state index is 11.0. The average Bonchev–Trinajstić information content (AvgIpc) is 2.97. The van der Waals surface area contributed by atoms with Crippen LogP contribution in [0.2, 0.25) is 0 Å². The quantitative estimate of drug-likeness (QED) is 0.679. The topological polar surface area (TPSA) is 48.4 Å². The number of benzene rings is 1. The van der Waals surface area contributed by atoms with Gasteiger partial charge in [-0.2, -0.15) is 0 Å². The molecule has 0 aliphatic carbocycles. The van der Waals surface area contributed by atoms with Crippen molar-refractivity contribution < 1.29 is 14.3 Å². The monoisotopic (exact) mass is 297 g/mol. The summed E-state index contributed by atoms with van der Waals surface area (Å²) in [6, 6.07) is 7.44. The standard InChI is InChI=1S/C16H11NO3S/c18-8-10-1-2-13-12(7-10)11(3-4-17-13)16-15-14(9-21-16)19-5-6-20-15/h1-4,7-9H,5-6H2. The number of hydrogen-bond acceptors (Lipinski definition) is 5. The first kappa shape index (κ1) is 12.3. The maximum absolute atomic E-state index is 11.0. The Morgan fingerprint density at radius 2 is 2.10 bits per heavy atom. The average molecular weight is 297 g/mol. The fourth-order valence-corrected chi connectivity index (χ4v) is 3.46. The van der Waals surface area contributed by atoms with Gasteiger partial charge in [0.1, 0.15) is 19.5 Å². The van der Waals surface area contributed by atoms with Crippen LogP contribution in [0.25, 0.3) is 21.3 Å². The summed E-state index contributed by atoms with van der Waals surface area (Å²) in [4.78, 5) is 16.4. The van der Waals surface area contributed by atoms with Gasteiger partial charge in [0.25, 0.3) is 0 Å². The first-order valence-corrected chi connectivity index (χ1v) is 7.46. The molecular weight excluding hydrogens is 286 g/mol. The lowest BCUT2D eigenvalue weighted by Crippen LogP contribution is -2.14. The zero-order valence-electron chi connectivity index (χ0n) is 11.0. The number of fused-ring (bicyclic) bond motifs is 2. The number of rotatable bonds is 2. The molecule has 104 valence electrons. The third-order valence-electron chi connectivity index (χ3n) is 3.45. The Hall–Kier alpha value is -2.40. The Kier molecular flexibility index (Phi) is 2.86. The molecule has 0 saturated carbocycles. The summed E-state index contributed by atoms with van der Waals surface area (Å²) in [5.41, 5.74) is 2.51. The second-order valence-corrected chi connectivity index (χ2v) is 5.59. The summed E-state index contributed by atoms with van der Waals surface area (Å²) in [6.07, 6.45) is 2.62. The molecule has 0 saturated heterocycles. The molecule has 0 fully saturated rings. The Morgan fingerprint density at radius 1 is 1.19 bits per heavy atom. The van der Waals surface area contributed by atoms with Crippen LogP contribution in [0.5, 0.6) is 11.5 Å². The highest BCUT2D eigenvalue weighted by Crippen LogP contribution is 2.47. The number of thiophene rings is 1. The summed E-state index contributed by atoms with van der Waals surface area (Å²) in [5.74, 6) is 1.58. The van der Waals surface area contributed by atoms with Crippen LogP contribution in [0, 0.1) is 0 Å². The van der Waals surface area contributed by atoms with Gasteiger partial charge in [-0.15, -0.1) is 11.3 Å². The first-order chi connectivity index (χ1) is 10.4. The Morgan fingerprint density at radius 3 is 3.00 bits per heavy atom. The van der Waals surface area contributed by atoms with Crippen LogP contribution in [0.4, 0.5) is 0 Å². The van der Waals surface area contributed by atoms with Crippen LogP contribution >= 0.6 is 11.3 Å². The zero-order valence-corrected chi connectivity index (χ0v) is 11.9. The molecule has 0 amide bonds. The number of carbonyl (C=O) groups excluding carboxylic acids is 1. The smallest absolute Gasteiger partial charge is 0.179 e. The van der Waals surface area contributed by atoms with Gasteiger partial charge in [0, 0.05) is 28.1 Å². The van der Waals surface area contributed by atoms with Crippen molar-refractivity contribution in [2.75, 3.05) is 13.2 Å². The highest BCUT2D eigenvalue weighted by atomic mass is 32.1. The predicted molar refractivity (Wildman–Crippen MR) is 81.4 cm³/mol. The van der Waals surface area contributed by atoms with Crippen molar-refractivity contribution in [3.05, 3.63) is 41.4 Å². The summed E-state index contributed by atoms with van der Waals surface area (Å²) in [6.45, 7) is 1.13. The van der Waals surface area contributed by atoms with Crippen molar-refractivity contribution in [2.24, 2.45) is 0 Å². The number of aromatic nitrogens is 1. The molecule has 1 aliphatic heterocycles. The number of pyridine rings is 1. The lowest BCUT2D eigenvalue weighted by atomic mass is 10.0. The summed E-state index contributed by atoms with van der Waals surface area (Å²) in [7, 11) is 0. The van der Waals surface area contributed by atoms with Gasteiger partial charge in [0.05, 0.1) is 10.4 Å². The van der Waals surface area contributed by atoms with E-state index in [2.05, 4.69) is 4.98 Å². The van der Waals surface area contributed by atoms with E-state index in [1.54, 1.807) is 23.6 Å². The van der Waals surface area contributed by atoms with Gasteiger partial charge in [0.2, 0.25) is 0 Å². The zero-order chi connectivity index (χ0) is 14.2. The van der Waals surface area contributed by atoms with Crippen LogP contribution in [0.15, 0.2) is 35.8 Å². The molecule has 0 bridgehead atoms. The largest absolute Gasteiger partial charge is 0.485 e. The lowest BCUT2D eigenvalue weighted by Gasteiger charge is -2.16. The van der Waals surface area contributed by atoms with Gasteiger partial charge in [-0.25, -0.2) is 0 Å². The molecule has 21 heavy (non-hydrogen) atoms. The number of ether oxygens (including phenoxy) is 2. The molecule has 0 radical (unpaired) electrons. The molecule has 5 heteroatoms. The molecule has 3 heterocycles. The van der Waals surface area contributed by atoms with E-state index in [9.17, 15) is 4.79 Å². The molecule has 0 N–H and O–H groups in total. The highest BCUT2D eigenvalue weighted by Gasteiger charge is 2.21. The van der Waals surface area contributed by atoms with Crippen molar-refractivity contribution in [2.45, 2.75) is 0 Å². The summed E-state index contributed by atoms with van der Waals surface area (Å²) in [5, 5.41) is 2.90. The SMILES string of the molecule is O=Cc1ccc2nccc(-c3scc4c3OCCO4)c2c1. The molecule has 2 aromatic heterocycles. The van der Waals surface area contributed by atoms with Gasteiger partial charge >= 0.3 is 0 Å². The van der Waals surface area contributed by atoms with E-state index in [4.69, 9.17) is 9.47 Å². The maximum Gasteiger partial charge on any atom is 0.179 e. The number of aldehydes is 1. The van der Waals surface area contributed by atoms with Crippen LogP contribution in [-0.2, 0) is 0 Å². The molecule has 3 aromatic rings. The van der Waals surface area contributed by atoms with Crippen molar-refractivity contribution in [1.82, 2.24) is 4.98 Å². The molecule has 1 aliphatic rings. The number of carbonyl (C=O) groups is 1. The summed E-state index contributed by atoms with van der Waals surface area (Å²) >= 11 is 1.58. The molecule has 4 nitrogen and oxygen atoms in total.